The monoisotopic (exact) mass is 134 g/mol. The molecule has 1 nitrogen and oxygen atoms in total. The molecular formula is C4H6OS2. The van der Waals surface area contributed by atoms with Gasteiger partial charge in [-0.05, 0) is 12.5 Å². The SMILES string of the molecule is C1=COSSCC1. The van der Waals surface area contributed by atoms with Crippen LogP contribution in [0, 0.1) is 0 Å². The van der Waals surface area contributed by atoms with Gasteiger partial charge in [0.1, 0.15) is 11.1 Å². The number of hydrogen-bond donors (Lipinski definition) is 0. The summed E-state index contributed by atoms with van der Waals surface area (Å²) in [5, 5.41) is 0. The first-order valence-electron chi connectivity index (χ1n) is 2.10. The first kappa shape index (κ1) is 5.38. The third-order valence-corrected chi connectivity index (χ3v) is 2.32. The molecule has 0 bridgehead atoms. The van der Waals surface area contributed by atoms with Crippen molar-refractivity contribution in [2.45, 2.75) is 6.42 Å². The molecule has 1 aliphatic rings. The van der Waals surface area contributed by atoms with E-state index in [1.807, 2.05) is 6.08 Å². The van der Waals surface area contributed by atoms with E-state index in [1.54, 1.807) is 17.1 Å². The minimum Gasteiger partial charge on any atom is -0.422 e. The lowest BCUT2D eigenvalue weighted by Gasteiger charge is -1.87. The Kier molecular flexibility index (Phi) is 2.51. The molecule has 0 radical (unpaired) electrons. The van der Waals surface area contributed by atoms with Crippen molar-refractivity contribution in [3.8, 4) is 0 Å². The lowest BCUT2D eigenvalue weighted by Crippen LogP contribution is -1.64. The Balaban J connectivity index is 2.20. The lowest BCUT2D eigenvalue weighted by atomic mass is 10.5. The van der Waals surface area contributed by atoms with Crippen LogP contribution in [0.4, 0.5) is 0 Å². The Morgan fingerprint density at radius 1 is 1.57 bits per heavy atom. The number of rotatable bonds is 0. The van der Waals surface area contributed by atoms with Crippen LogP contribution in [-0.4, -0.2) is 5.75 Å². The molecule has 1 aliphatic heterocycles. The van der Waals surface area contributed by atoms with Crippen LogP contribution in [-0.2, 0) is 4.18 Å². The van der Waals surface area contributed by atoms with Crippen LogP contribution in [0.3, 0.4) is 0 Å². The molecule has 0 aromatic rings. The summed E-state index contributed by atoms with van der Waals surface area (Å²) in [4.78, 5) is 0. The van der Waals surface area contributed by atoms with E-state index in [1.165, 1.54) is 16.8 Å². The van der Waals surface area contributed by atoms with Crippen LogP contribution in [0.15, 0.2) is 12.3 Å². The molecule has 0 aliphatic carbocycles. The van der Waals surface area contributed by atoms with Crippen LogP contribution in [0.2, 0.25) is 0 Å². The molecule has 0 saturated carbocycles. The van der Waals surface area contributed by atoms with E-state index in [9.17, 15) is 0 Å². The first-order valence-corrected chi connectivity index (χ1v) is 4.34. The van der Waals surface area contributed by atoms with Gasteiger partial charge in [-0.25, -0.2) is 0 Å². The first-order chi connectivity index (χ1) is 3.50. The van der Waals surface area contributed by atoms with E-state index in [0.29, 0.717) is 0 Å². The summed E-state index contributed by atoms with van der Waals surface area (Å²) in [6, 6.07) is 0. The third-order valence-electron chi connectivity index (χ3n) is 0.607. The number of allylic oxidation sites excluding steroid dienone is 1. The Morgan fingerprint density at radius 3 is 3.57 bits per heavy atom. The second-order valence-corrected chi connectivity index (χ2v) is 3.23. The summed E-state index contributed by atoms with van der Waals surface area (Å²) in [6.45, 7) is 0. The lowest BCUT2D eigenvalue weighted by molar-refractivity contribution is 0.573. The van der Waals surface area contributed by atoms with Crippen molar-refractivity contribution < 1.29 is 4.18 Å². The van der Waals surface area contributed by atoms with Crippen LogP contribution < -0.4 is 0 Å². The van der Waals surface area contributed by atoms with Gasteiger partial charge in [-0.15, -0.1) is 0 Å². The summed E-state index contributed by atoms with van der Waals surface area (Å²) in [6.07, 6.45) is 4.91. The summed E-state index contributed by atoms with van der Waals surface area (Å²) < 4.78 is 4.89. The maximum Gasteiger partial charge on any atom is 0.125 e. The Morgan fingerprint density at radius 2 is 2.57 bits per heavy atom. The maximum absolute atomic E-state index is 4.89. The van der Waals surface area contributed by atoms with Crippen molar-refractivity contribution in [3.63, 3.8) is 0 Å². The van der Waals surface area contributed by atoms with Crippen molar-refractivity contribution in [1.29, 1.82) is 0 Å². The average Bonchev–Trinajstić information content (AvgIpc) is 1.90. The fraction of sp³-hybridized carbons (Fsp3) is 0.500. The van der Waals surface area contributed by atoms with E-state index in [2.05, 4.69) is 0 Å². The van der Waals surface area contributed by atoms with Gasteiger partial charge in [-0.3, -0.25) is 0 Å². The van der Waals surface area contributed by atoms with Crippen molar-refractivity contribution in [2.24, 2.45) is 0 Å². The zero-order valence-electron chi connectivity index (χ0n) is 3.79. The smallest absolute Gasteiger partial charge is 0.125 e. The zero-order chi connectivity index (χ0) is 4.95. The second kappa shape index (κ2) is 3.27. The number of hydrogen-bond acceptors (Lipinski definition) is 3. The Labute approximate surface area is 51.1 Å². The van der Waals surface area contributed by atoms with Gasteiger partial charge in [0.05, 0.1) is 6.26 Å². The molecule has 0 spiro atoms. The summed E-state index contributed by atoms with van der Waals surface area (Å²) in [7, 11) is 1.75. The highest BCUT2D eigenvalue weighted by atomic mass is 33.1. The quantitative estimate of drug-likeness (QED) is 0.371. The molecule has 0 N–H and O–H groups in total. The average molecular weight is 134 g/mol. The van der Waals surface area contributed by atoms with Crippen LogP contribution in [0.25, 0.3) is 0 Å². The van der Waals surface area contributed by atoms with Crippen LogP contribution in [0.5, 0.6) is 0 Å². The molecule has 0 aromatic carbocycles. The molecule has 0 amide bonds. The predicted molar refractivity (Wildman–Crippen MR) is 34.9 cm³/mol. The molecule has 3 heteroatoms. The van der Waals surface area contributed by atoms with Gasteiger partial charge in [0, 0.05) is 5.75 Å². The van der Waals surface area contributed by atoms with Gasteiger partial charge in [0.25, 0.3) is 0 Å². The molecule has 0 atom stereocenters. The third kappa shape index (κ3) is 2.14. The molecule has 0 fully saturated rings. The highest BCUT2D eigenvalue weighted by Crippen LogP contribution is 2.25. The molecular weight excluding hydrogens is 128 g/mol. The van der Waals surface area contributed by atoms with Gasteiger partial charge >= 0.3 is 0 Å². The van der Waals surface area contributed by atoms with Crippen LogP contribution in [0.1, 0.15) is 6.42 Å². The molecule has 40 valence electrons. The minimum absolute atomic E-state index is 1.14. The summed E-state index contributed by atoms with van der Waals surface area (Å²) >= 11 is 1.45. The Hall–Kier alpha value is 0.240. The van der Waals surface area contributed by atoms with Crippen molar-refractivity contribution in [1.82, 2.24) is 0 Å². The van der Waals surface area contributed by atoms with E-state index < -0.39 is 0 Å². The van der Waals surface area contributed by atoms with E-state index in [-0.39, 0.29) is 0 Å². The van der Waals surface area contributed by atoms with Gasteiger partial charge in [0.15, 0.2) is 0 Å². The van der Waals surface area contributed by atoms with E-state index in [0.717, 1.165) is 6.42 Å². The minimum atomic E-state index is 1.14. The maximum atomic E-state index is 4.89. The van der Waals surface area contributed by atoms with Gasteiger partial charge < -0.3 is 4.18 Å². The summed E-state index contributed by atoms with van der Waals surface area (Å²) in [5.41, 5.74) is 0. The zero-order valence-corrected chi connectivity index (χ0v) is 5.43. The fourth-order valence-electron chi connectivity index (χ4n) is 0.308. The molecule has 7 heavy (non-hydrogen) atoms. The van der Waals surface area contributed by atoms with E-state index in [4.69, 9.17) is 4.18 Å². The Bertz CT molecular complexity index is 64.1. The highest BCUT2D eigenvalue weighted by Gasteiger charge is 1.90. The largest absolute Gasteiger partial charge is 0.422 e. The molecule has 1 rings (SSSR count). The van der Waals surface area contributed by atoms with Crippen LogP contribution >= 0.6 is 21.9 Å². The van der Waals surface area contributed by atoms with Crippen molar-refractivity contribution >= 4 is 21.9 Å². The predicted octanol–water partition coefficient (Wildman–Crippen LogP) is 2.22. The highest BCUT2D eigenvalue weighted by molar-refractivity contribution is 8.74. The molecule has 0 saturated heterocycles. The van der Waals surface area contributed by atoms with E-state index >= 15 is 0 Å². The normalized spacial score (nSPS) is 20.6. The van der Waals surface area contributed by atoms with Gasteiger partial charge in [-0.2, -0.15) is 0 Å². The fourth-order valence-corrected chi connectivity index (χ4v) is 1.58. The summed E-state index contributed by atoms with van der Waals surface area (Å²) in [5.74, 6) is 1.17. The topological polar surface area (TPSA) is 9.23 Å². The van der Waals surface area contributed by atoms with Gasteiger partial charge in [0.2, 0.25) is 0 Å². The second-order valence-electron chi connectivity index (χ2n) is 1.15. The molecule has 1 heterocycles. The van der Waals surface area contributed by atoms with Crippen molar-refractivity contribution in [2.75, 3.05) is 5.75 Å². The van der Waals surface area contributed by atoms with Gasteiger partial charge in [-0.1, -0.05) is 10.8 Å². The van der Waals surface area contributed by atoms with Crippen molar-refractivity contribution in [3.05, 3.63) is 12.3 Å². The standard InChI is InChI=1S/C4H6OS2/c1-2-4-6-7-5-3-1/h1,3H,2,4H2. The molecule has 0 unspecified atom stereocenters. The molecule has 0 aromatic heterocycles.